The Morgan fingerprint density at radius 1 is 1.20 bits per heavy atom. The van der Waals surface area contributed by atoms with E-state index in [4.69, 9.17) is 5.10 Å². The van der Waals surface area contributed by atoms with Crippen LogP contribution in [0, 0.1) is 5.41 Å². The van der Waals surface area contributed by atoms with Gasteiger partial charge in [-0.1, -0.05) is 33.6 Å². The highest BCUT2D eigenvalue weighted by Crippen LogP contribution is 2.67. The molecule has 0 spiro atoms. The first kappa shape index (κ1) is 12.9. The summed E-state index contributed by atoms with van der Waals surface area (Å²) in [5, 5.41) is 15.2. The van der Waals surface area contributed by atoms with Crippen molar-refractivity contribution in [3.8, 4) is 0 Å². The van der Waals surface area contributed by atoms with Gasteiger partial charge in [-0.05, 0) is 42.6 Å². The maximum Gasteiger partial charge on any atom is 0.0778 e. The van der Waals surface area contributed by atoms with Crippen molar-refractivity contribution in [2.24, 2.45) is 5.41 Å². The molecule has 2 saturated carbocycles. The molecule has 1 aromatic rings. The van der Waals surface area contributed by atoms with Gasteiger partial charge in [0, 0.05) is 11.6 Å². The van der Waals surface area contributed by atoms with Gasteiger partial charge in [0.15, 0.2) is 0 Å². The predicted octanol–water partition coefficient (Wildman–Crippen LogP) is 3.53. The van der Waals surface area contributed by atoms with Gasteiger partial charge in [-0.3, -0.25) is 4.68 Å². The molecular formula is C17H26N2O. The second-order valence-electron chi connectivity index (χ2n) is 7.98. The van der Waals surface area contributed by atoms with Crippen molar-refractivity contribution in [2.75, 3.05) is 0 Å². The average Bonchev–Trinajstić information content (AvgIpc) is 2.97. The van der Waals surface area contributed by atoms with Crippen molar-refractivity contribution in [3.63, 3.8) is 0 Å². The van der Waals surface area contributed by atoms with E-state index in [9.17, 15) is 5.11 Å². The number of aromatic nitrogens is 2. The van der Waals surface area contributed by atoms with Gasteiger partial charge < -0.3 is 5.11 Å². The Labute approximate surface area is 121 Å². The van der Waals surface area contributed by atoms with Crippen LogP contribution < -0.4 is 0 Å². The molecule has 2 bridgehead atoms. The topological polar surface area (TPSA) is 38.0 Å². The predicted molar refractivity (Wildman–Crippen MR) is 78.8 cm³/mol. The molecule has 4 rings (SSSR count). The van der Waals surface area contributed by atoms with Crippen LogP contribution in [0.2, 0.25) is 0 Å². The maximum atomic E-state index is 10.3. The third-order valence-corrected chi connectivity index (χ3v) is 6.92. The number of fused-ring (bicyclic) bond motifs is 5. The van der Waals surface area contributed by atoms with E-state index in [1.54, 1.807) is 0 Å². The van der Waals surface area contributed by atoms with Crippen LogP contribution >= 0.6 is 0 Å². The lowest BCUT2D eigenvalue weighted by Gasteiger charge is -2.35. The highest BCUT2D eigenvalue weighted by atomic mass is 16.3. The summed E-state index contributed by atoms with van der Waals surface area (Å²) in [4.78, 5) is 0. The molecule has 4 atom stereocenters. The molecule has 1 aromatic heterocycles. The minimum Gasteiger partial charge on any atom is -0.391 e. The van der Waals surface area contributed by atoms with Crippen molar-refractivity contribution in [1.82, 2.24) is 9.78 Å². The van der Waals surface area contributed by atoms with Crippen molar-refractivity contribution < 1.29 is 5.11 Å². The molecular weight excluding hydrogens is 248 g/mol. The third kappa shape index (κ3) is 1.37. The van der Waals surface area contributed by atoms with Crippen LogP contribution in [-0.4, -0.2) is 21.0 Å². The molecule has 20 heavy (non-hydrogen) atoms. The van der Waals surface area contributed by atoms with E-state index < -0.39 is 0 Å². The first-order valence-corrected chi connectivity index (χ1v) is 8.23. The Morgan fingerprint density at radius 3 is 2.65 bits per heavy atom. The van der Waals surface area contributed by atoms with E-state index in [1.807, 2.05) is 0 Å². The van der Waals surface area contributed by atoms with E-state index in [2.05, 4.69) is 31.6 Å². The standard InChI is InChI=1S/C17H26N2O/c1-16(2)12-8-9-17(16,3)15-11(12)10-19(18-15)13-6-4-5-7-14(13)20/h10,12-14,20H,4-9H2,1-3H3/t12-,13+,14+,17+/m1/s1. The largest absolute Gasteiger partial charge is 0.391 e. The minimum atomic E-state index is -0.206. The van der Waals surface area contributed by atoms with Gasteiger partial charge in [0.2, 0.25) is 0 Å². The molecule has 0 unspecified atom stereocenters. The first-order valence-electron chi connectivity index (χ1n) is 8.23. The van der Waals surface area contributed by atoms with Crippen LogP contribution in [0.3, 0.4) is 0 Å². The fourth-order valence-electron chi connectivity index (χ4n) is 5.13. The van der Waals surface area contributed by atoms with Crippen LogP contribution in [0.25, 0.3) is 0 Å². The lowest BCUT2D eigenvalue weighted by Crippen LogP contribution is -2.33. The van der Waals surface area contributed by atoms with Crippen molar-refractivity contribution >= 4 is 0 Å². The molecule has 1 N–H and O–H groups in total. The van der Waals surface area contributed by atoms with Crippen molar-refractivity contribution in [1.29, 1.82) is 0 Å². The van der Waals surface area contributed by atoms with Gasteiger partial charge in [0.25, 0.3) is 0 Å². The fraction of sp³-hybridized carbons (Fsp3) is 0.824. The van der Waals surface area contributed by atoms with Gasteiger partial charge in [-0.2, -0.15) is 5.10 Å². The Bertz CT molecular complexity index is 547. The fourth-order valence-corrected chi connectivity index (χ4v) is 5.13. The van der Waals surface area contributed by atoms with Crippen LogP contribution in [0.15, 0.2) is 6.20 Å². The highest BCUT2D eigenvalue weighted by Gasteiger charge is 2.61. The molecule has 0 amide bonds. The van der Waals surface area contributed by atoms with Gasteiger partial charge in [-0.15, -0.1) is 0 Å². The van der Waals surface area contributed by atoms with Gasteiger partial charge in [0.05, 0.1) is 17.8 Å². The molecule has 3 aliphatic carbocycles. The van der Waals surface area contributed by atoms with Gasteiger partial charge in [-0.25, -0.2) is 0 Å². The summed E-state index contributed by atoms with van der Waals surface area (Å²) in [6, 6.07) is 0.209. The molecule has 110 valence electrons. The van der Waals surface area contributed by atoms with E-state index in [-0.39, 0.29) is 17.6 Å². The third-order valence-electron chi connectivity index (χ3n) is 6.92. The van der Waals surface area contributed by atoms with Gasteiger partial charge >= 0.3 is 0 Å². The van der Waals surface area contributed by atoms with Crippen LogP contribution in [0.1, 0.15) is 82.5 Å². The number of aliphatic hydroxyl groups excluding tert-OH is 1. The molecule has 0 aliphatic heterocycles. The highest BCUT2D eigenvalue weighted by molar-refractivity contribution is 5.44. The monoisotopic (exact) mass is 274 g/mol. The minimum absolute atomic E-state index is 0.206. The molecule has 0 saturated heterocycles. The summed E-state index contributed by atoms with van der Waals surface area (Å²) in [5.41, 5.74) is 3.38. The number of hydrogen-bond donors (Lipinski definition) is 1. The van der Waals surface area contributed by atoms with Crippen LogP contribution in [0.4, 0.5) is 0 Å². The number of aliphatic hydroxyl groups is 1. The summed E-state index contributed by atoms with van der Waals surface area (Å²) in [6.45, 7) is 7.21. The molecule has 2 fully saturated rings. The zero-order valence-corrected chi connectivity index (χ0v) is 12.9. The molecule has 0 aromatic carbocycles. The number of nitrogens with zero attached hydrogens (tertiary/aromatic N) is 2. The number of hydrogen-bond acceptors (Lipinski definition) is 2. The summed E-state index contributed by atoms with van der Waals surface area (Å²) in [5.74, 6) is 0.664. The molecule has 0 radical (unpaired) electrons. The lowest BCUT2D eigenvalue weighted by molar-refractivity contribution is 0.0683. The van der Waals surface area contributed by atoms with E-state index in [0.717, 1.165) is 19.3 Å². The summed E-state index contributed by atoms with van der Waals surface area (Å²) in [6.07, 6.45) is 9.02. The van der Waals surface area contributed by atoms with E-state index in [1.165, 1.54) is 30.5 Å². The smallest absolute Gasteiger partial charge is 0.0778 e. The Morgan fingerprint density at radius 2 is 1.95 bits per heavy atom. The zero-order valence-electron chi connectivity index (χ0n) is 12.9. The Kier molecular flexibility index (Phi) is 2.50. The van der Waals surface area contributed by atoms with E-state index >= 15 is 0 Å². The number of rotatable bonds is 1. The average molecular weight is 274 g/mol. The quantitative estimate of drug-likeness (QED) is 0.850. The van der Waals surface area contributed by atoms with Crippen molar-refractivity contribution in [3.05, 3.63) is 17.5 Å². The summed E-state index contributed by atoms with van der Waals surface area (Å²) >= 11 is 0. The SMILES string of the molecule is CC1(C)[C@@H]2CC[C@@]1(C)c1nn([C@H]3CCCC[C@@H]3O)cc12. The van der Waals surface area contributed by atoms with Crippen LogP contribution in [-0.2, 0) is 5.41 Å². The molecule has 3 aliphatic rings. The zero-order chi connectivity index (χ0) is 14.1. The Hall–Kier alpha value is -0.830. The maximum absolute atomic E-state index is 10.3. The molecule has 3 nitrogen and oxygen atoms in total. The normalized spacial score (nSPS) is 41.9. The lowest BCUT2D eigenvalue weighted by atomic mass is 9.70. The van der Waals surface area contributed by atoms with Gasteiger partial charge in [0.1, 0.15) is 0 Å². The van der Waals surface area contributed by atoms with E-state index in [0.29, 0.717) is 11.3 Å². The summed E-state index contributed by atoms with van der Waals surface area (Å²) in [7, 11) is 0. The second-order valence-corrected chi connectivity index (χ2v) is 7.98. The Balaban J connectivity index is 1.74. The first-order chi connectivity index (χ1) is 9.45. The second kappa shape index (κ2) is 3.88. The summed E-state index contributed by atoms with van der Waals surface area (Å²) < 4.78 is 2.11. The van der Waals surface area contributed by atoms with Crippen molar-refractivity contribution in [2.45, 2.75) is 82.8 Å². The molecule has 1 heterocycles. The molecule has 3 heteroatoms. The van der Waals surface area contributed by atoms with Crippen LogP contribution in [0.5, 0.6) is 0 Å².